The van der Waals surface area contributed by atoms with Crippen molar-refractivity contribution in [2.45, 2.75) is 52.0 Å². The molecule has 1 unspecified atom stereocenters. The van der Waals surface area contributed by atoms with Crippen molar-refractivity contribution in [3.8, 4) is 0 Å². The van der Waals surface area contributed by atoms with Gasteiger partial charge in [0.15, 0.2) is 0 Å². The summed E-state index contributed by atoms with van der Waals surface area (Å²) >= 11 is 5.72. The number of carbonyl (C=O) groups is 1. The molecule has 2 nitrogen and oxygen atoms in total. The minimum Gasteiger partial charge on any atom is -0.349 e. The first-order valence-corrected chi connectivity index (χ1v) is 7.39. The van der Waals surface area contributed by atoms with Gasteiger partial charge in [0.05, 0.1) is 0 Å². The van der Waals surface area contributed by atoms with Gasteiger partial charge in [0, 0.05) is 17.5 Å². The van der Waals surface area contributed by atoms with E-state index in [1.807, 2.05) is 24.3 Å². The molecule has 19 heavy (non-hydrogen) atoms. The summed E-state index contributed by atoms with van der Waals surface area (Å²) in [5, 5.41) is 3.02. The van der Waals surface area contributed by atoms with E-state index in [0.717, 1.165) is 12.8 Å². The molecule has 0 spiro atoms. The van der Waals surface area contributed by atoms with E-state index in [2.05, 4.69) is 33.0 Å². The van der Waals surface area contributed by atoms with E-state index in [9.17, 15) is 4.79 Å². The molecule has 0 aliphatic carbocycles. The Labute approximate surface area is 121 Å². The maximum atomic E-state index is 12.1. The lowest BCUT2D eigenvalue weighted by Gasteiger charge is -2.20. The Morgan fingerprint density at radius 1 is 1.26 bits per heavy atom. The summed E-state index contributed by atoms with van der Waals surface area (Å²) in [7, 11) is 0. The summed E-state index contributed by atoms with van der Waals surface area (Å²) < 4.78 is 0. The second-order valence-electron chi connectivity index (χ2n) is 5.88. The fraction of sp³-hybridized carbons (Fsp3) is 0.562. The summed E-state index contributed by atoms with van der Waals surface area (Å²) in [5.74, 6) is 0.555. The lowest BCUT2D eigenvalue weighted by Crippen LogP contribution is -2.34. The van der Waals surface area contributed by atoms with Crippen LogP contribution in [0.1, 0.15) is 56.5 Å². The molecule has 1 rings (SSSR count). The smallest absolute Gasteiger partial charge is 0.251 e. The molecular weight excluding hydrogens is 258 g/mol. The van der Waals surface area contributed by atoms with Crippen molar-refractivity contribution in [1.82, 2.24) is 5.32 Å². The second kappa shape index (κ2) is 6.95. The van der Waals surface area contributed by atoms with Crippen LogP contribution in [0.5, 0.6) is 0 Å². The van der Waals surface area contributed by atoms with Gasteiger partial charge in [-0.2, -0.15) is 0 Å². The van der Waals surface area contributed by atoms with Crippen LogP contribution in [-0.2, 0) is 5.41 Å². The third kappa shape index (κ3) is 4.87. The Bertz CT molecular complexity index is 406. The van der Waals surface area contributed by atoms with Crippen molar-refractivity contribution >= 4 is 17.5 Å². The third-order valence-electron chi connectivity index (χ3n) is 3.30. The summed E-state index contributed by atoms with van der Waals surface area (Å²) in [6.07, 6.45) is 1.71. The van der Waals surface area contributed by atoms with Gasteiger partial charge in [0.1, 0.15) is 0 Å². The van der Waals surface area contributed by atoms with Crippen molar-refractivity contribution in [3.63, 3.8) is 0 Å². The Morgan fingerprint density at radius 2 is 1.84 bits per heavy atom. The lowest BCUT2D eigenvalue weighted by atomic mass is 9.86. The molecule has 0 aliphatic heterocycles. The van der Waals surface area contributed by atoms with Crippen LogP contribution in [0.2, 0.25) is 0 Å². The molecule has 0 aromatic heterocycles. The Balaban J connectivity index is 2.73. The van der Waals surface area contributed by atoms with Gasteiger partial charge < -0.3 is 5.32 Å². The molecule has 0 heterocycles. The van der Waals surface area contributed by atoms with Crippen molar-refractivity contribution in [2.75, 3.05) is 5.88 Å². The fourth-order valence-electron chi connectivity index (χ4n) is 1.90. The minimum atomic E-state index is -0.0163. The molecule has 1 aromatic carbocycles. The standard InChI is InChI=1S/C16H24ClNO/c1-5-14(10-11-17)18-15(19)12-6-8-13(9-7-12)16(2,3)4/h6-9,14H,5,10-11H2,1-4H3,(H,18,19). The van der Waals surface area contributed by atoms with E-state index in [0.29, 0.717) is 11.4 Å². The number of benzene rings is 1. The van der Waals surface area contributed by atoms with E-state index < -0.39 is 0 Å². The van der Waals surface area contributed by atoms with Crippen molar-refractivity contribution in [3.05, 3.63) is 35.4 Å². The molecular formula is C16H24ClNO. The van der Waals surface area contributed by atoms with E-state index in [4.69, 9.17) is 11.6 Å². The Morgan fingerprint density at radius 3 is 2.26 bits per heavy atom. The van der Waals surface area contributed by atoms with Crippen LogP contribution in [0, 0.1) is 0 Å². The van der Waals surface area contributed by atoms with E-state index in [1.54, 1.807) is 0 Å². The monoisotopic (exact) mass is 281 g/mol. The number of hydrogen-bond acceptors (Lipinski definition) is 1. The highest BCUT2D eigenvalue weighted by molar-refractivity contribution is 6.17. The molecule has 0 radical (unpaired) electrons. The quantitative estimate of drug-likeness (QED) is 0.808. The first-order valence-electron chi connectivity index (χ1n) is 6.86. The fourth-order valence-corrected chi connectivity index (χ4v) is 2.16. The maximum Gasteiger partial charge on any atom is 0.251 e. The zero-order chi connectivity index (χ0) is 14.5. The number of rotatable bonds is 5. The number of halogens is 1. The van der Waals surface area contributed by atoms with Crippen LogP contribution in [0.4, 0.5) is 0 Å². The molecule has 0 saturated heterocycles. The Kier molecular flexibility index (Phi) is 5.86. The zero-order valence-electron chi connectivity index (χ0n) is 12.3. The van der Waals surface area contributed by atoms with Crippen LogP contribution in [0.3, 0.4) is 0 Å². The molecule has 0 aliphatic rings. The minimum absolute atomic E-state index is 0.0163. The average molecular weight is 282 g/mol. The van der Waals surface area contributed by atoms with Crippen molar-refractivity contribution in [2.24, 2.45) is 0 Å². The SMILES string of the molecule is CCC(CCCl)NC(=O)c1ccc(C(C)(C)C)cc1. The predicted octanol–water partition coefficient (Wildman–Crippen LogP) is 4.12. The van der Waals surface area contributed by atoms with Gasteiger partial charge in [-0.3, -0.25) is 4.79 Å². The van der Waals surface area contributed by atoms with Crippen LogP contribution >= 0.6 is 11.6 Å². The van der Waals surface area contributed by atoms with Crippen molar-refractivity contribution < 1.29 is 4.79 Å². The number of hydrogen-bond donors (Lipinski definition) is 1. The molecule has 0 saturated carbocycles. The van der Waals surface area contributed by atoms with Gasteiger partial charge in [0.25, 0.3) is 5.91 Å². The summed E-state index contributed by atoms with van der Waals surface area (Å²) in [6, 6.07) is 7.99. The first kappa shape index (κ1) is 16.0. The molecule has 0 bridgehead atoms. The zero-order valence-corrected chi connectivity index (χ0v) is 13.1. The van der Waals surface area contributed by atoms with Crippen LogP contribution in [0.15, 0.2) is 24.3 Å². The average Bonchev–Trinajstić information content (AvgIpc) is 2.37. The van der Waals surface area contributed by atoms with E-state index >= 15 is 0 Å². The number of amides is 1. The van der Waals surface area contributed by atoms with Crippen LogP contribution < -0.4 is 5.32 Å². The number of nitrogens with one attached hydrogen (secondary N) is 1. The first-order chi connectivity index (χ1) is 8.88. The summed E-state index contributed by atoms with van der Waals surface area (Å²) in [5.41, 5.74) is 2.05. The van der Waals surface area contributed by atoms with Gasteiger partial charge in [-0.1, -0.05) is 39.8 Å². The van der Waals surface area contributed by atoms with Gasteiger partial charge in [0.2, 0.25) is 0 Å². The van der Waals surface area contributed by atoms with Crippen LogP contribution in [-0.4, -0.2) is 17.8 Å². The second-order valence-corrected chi connectivity index (χ2v) is 6.26. The number of carbonyl (C=O) groups excluding carboxylic acids is 1. The topological polar surface area (TPSA) is 29.1 Å². The van der Waals surface area contributed by atoms with Gasteiger partial charge in [-0.15, -0.1) is 11.6 Å². The Hall–Kier alpha value is -1.02. The van der Waals surface area contributed by atoms with Crippen molar-refractivity contribution in [1.29, 1.82) is 0 Å². The highest BCUT2D eigenvalue weighted by Gasteiger charge is 2.15. The number of alkyl halides is 1. The van der Waals surface area contributed by atoms with E-state index in [-0.39, 0.29) is 17.4 Å². The highest BCUT2D eigenvalue weighted by Crippen LogP contribution is 2.22. The summed E-state index contributed by atoms with van der Waals surface area (Å²) in [6.45, 7) is 8.54. The molecule has 3 heteroatoms. The third-order valence-corrected chi connectivity index (χ3v) is 3.52. The summed E-state index contributed by atoms with van der Waals surface area (Å²) in [4.78, 5) is 12.1. The van der Waals surface area contributed by atoms with E-state index in [1.165, 1.54) is 5.56 Å². The van der Waals surface area contributed by atoms with Gasteiger partial charge in [-0.05, 0) is 36.0 Å². The van der Waals surface area contributed by atoms with Gasteiger partial charge >= 0.3 is 0 Å². The molecule has 1 amide bonds. The lowest BCUT2D eigenvalue weighted by molar-refractivity contribution is 0.0935. The van der Waals surface area contributed by atoms with Crippen LogP contribution in [0.25, 0.3) is 0 Å². The maximum absolute atomic E-state index is 12.1. The molecule has 1 N–H and O–H groups in total. The predicted molar refractivity (Wildman–Crippen MR) is 82.0 cm³/mol. The molecule has 106 valence electrons. The molecule has 1 aromatic rings. The normalized spacial score (nSPS) is 13.1. The molecule has 1 atom stereocenters. The molecule has 0 fully saturated rings. The van der Waals surface area contributed by atoms with Gasteiger partial charge in [-0.25, -0.2) is 0 Å². The highest BCUT2D eigenvalue weighted by atomic mass is 35.5. The largest absolute Gasteiger partial charge is 0.349 e.